The van der Waals surface area contributed by atoms with Gasteiger partial charge >= 0.3 is 0 Å². The standard InChI is InChI=1S/C16H22IN/c1-18-16(14-10-7-11-15(17)12-14)13-8-5-3-2-4-6-9-13/h7-8,10-12,16,18H,2-6,9H2,1H3/b13-8+. The van der Waals surface area contributed by atoms with Gasteiger partial charge in [0, 0.05) is 3.57 Å². The third-order valence-corrected chi connectivity index (χ3v) is 4.34. The van der Waals surface area contributed by atoms with Gasteiger partial charge in [0.1, 0.15) is 0 Å². The van der Waals surface area contributed by atoms with Crippen molar-refractivity contribution in [3.05, 3.63) is 45.0 Å². The molecule has 1 unspecified atom stereocenters. The molecule has 1 atom stereocenters. The highest BCUT2D eigenvalue weighted by Gasteiger charge is 2.15. The monoisotopic (exact) mass is 355 g/mol. The second-order valence-electron chi connectivity index (χ2n) is 5.01. The van der Waals surface area contributed by atoms with Crippen LogP contribution in [0, 0.1) is 3.57 Å². The van der Waals surface area contributed by atoms with Gasteiger partial charge in [-0.05, 0) is 73.0 Å². The van der Waals surface area contributed by atoms with Gasteiger partial charge in [0.15, 0.2) is 0 Å². The van der Waals surface area contributed by atoms with Crippen LogP contribution in [0.4, 0.5) is 0 Å². The number of nitrogens with one attached hydrogen (secondary N) is 1. The molecule has 2 heteroatoms. The molecule has 1 aliphatic rings. The van der Waals surface area contributed by atoms with Crippen LogP contribution >= 0.6 is 22.6 Å². The Morgan fingerprint density at radius 3 is 2.78 bits per heavy atom. The van der Waals surface area contributed by atoms with E-state index in [9.17, 15) is 0 Å². The Morgan fingerprint density at radius 2 is 2.00 bits per heavy atom. The van der Waals surface area contributed by atoms with Crippen molar-refractivity contribution in [1.82, 2.24) is 5.32 Å². The Kier molecular flexibility index (Phi) is 5.70. The van der Waals surface area contributed by atoms with Gasteiger partial charge in [-0.15, -0.1) is 0 Å². The van der Waals surface area contributed by atoms with Gasteiger partial charge in [-0.1, -0.05) is 36.6 Å². The van der Waals surface area contributed by atoms with Crippen molar-refractivity contribution >= 4 is 22.6 Å². The van der Waals surface area contributed by atoms with Gasteiger partial charge in [-0.25, -0.2) is 0 Å². The first-order chi connectivity index (χ1) is 8.81. The molecule has 0 spiro atoms. The number of halogens is 1. The molecule has 1 N–H and O–H groups in total. The van der Waals surface area contributed by atoms with E-state index in [1.165, 1.54) is 47.7 Å². The predicted octanol–water partition coefficient (Wildman–Crippen LogP) is 4.83. The first-order valence-corrected chi connectivity index (χ1v) is 8.01. The Morgan fingerprint density at radius 1 is 1.17 bits per heavy atom. The Labute approximate surface area is 124 Å². The summed E-state index contributed by atoms with van der Waals surface area (Å²) in [7, 11) is 2.07. The third kappa shape index (κ3) is 3.82. The second-order valence-corrected chi connectivity index (χ2v) is 6.25. The van der Waals surface area contributed by atoms with E-state index < -0.39 is 0 Å². The summed E-state index contributed by atoms with van der Waals surface area (Å²) in [6.45, 7) is 0. The SMILES string of the molecule is CNC(/C1=C/CCCCCC1)c1cccc(I)c1. The molecule has 0 aliphatic heterocycles. The van der Waals surface area contributed by atoms with E-state index in [0.29, 0.717) is 6.04 Å². The summed E-state index contributed by atoms with van der Waals surface area (Å²) in [5.74, 6) is 0. The Bertz CT molecular complexity index is 411. The minimum absolute atomic E-state index is 0.401. The van der Waals surface area contributed by atoms with E-state index in [1.54, 1.807) is 5.57 Å². The molecule has 2 rings (SSSR count). The molecule has 0 radical (unpaired) electrons. The minimum atomic E-state index is 0.401. The summed E-state index contributed by atoms with van der Waals surface area (Å²) < 4.78 is 1.32. The van der Waals surface area contributed by atoms with Gasteiger partial charge in [0.05, 0.1) is 6.04 Å². The average molecular weight is 355 g/mol. The van der Waals surface area contributed by atoms with Gasteiger partial charge < -0.3 is 5.32 Å². The van der Waals surface area contributed by atoms with Crippen molar-refractivity contribution in [2.24, 2.45) is 0 Å². The number of benzene rings is 1. The molecule has 0 aromatic heterocycles. The molecule has 0 saturated carbocycles. The maximum atomic E-state index is 3.49. The molecule has 0 amide bonds. The molecule has 1 aromatic carbocycles. The predicted molar refractivity (Wildman–Crippen MR) is 86.7 cm³/mol. The topological polar surface area (TPSA) is 12.0 Å². The van der Waals surface area contributed by atoms with Crippen LogP contribution in [0.15, 0.2) is 35.9 Å². The number of hydrogen-bond donors (Lipinski definition) is 1. The summed E-state index contributed by atoms with van der Waals surface area (Å²) in [5.41, 5.74) is 2.98. The molecule has 0 heterocycles. The van der Waals surface area contributed by atoms with E-state index in [4.69, 9.17) is 0 Å². The van der Waals surface area contributed by atoms with Crippen molar-refractivity contribution < 1.29 is 0 Å². The van der Waals surface area contributed by atoms with E-state index >= 15 is 0 Å². The second kappa shape index (κ2) is 7.29. The Hall–Kier alpha value is -0.350. The van der Waals surface area contributed by atoms with E-state index in [-0.39, 0.29) is 0 Å². The highest BCUT2D eigenvalue weighted by atomic mass is 127. The van der Waals surface area contributed by atoms with E-state index in [1.807, 2.05) is 0 Å². The fraction of sp³-hybridized carbons (Fsp3) is 0.500. The first kappa shape index (κ1) is 14.1. The number of allylic oxidation sites excluding steroid dienone is 1. The lowest BCUT2D eigenvalue weighted by atomic mass is 9.91. The fourth-order valence-electron chi connectivity index (χ4n) is 2.73. The van der Waals surface area contributed by atoms with Crippen molar-refractivity contribution in [1.29, 1.82) is 0 Å². The smallest absolute Gasteiger partial charge is 0.0533 e. The largest absolute Gasteiger partial charge is 0.310 e. The number of likely N-dealkylation sites (N-methyl/N-ethyl adjacent to an activating group) is 1. The van der Waals surface area contributed by atoms with Gasteiger partial charge in [0.2, 0.25) is 0 Å². The van der Waals surface area contributed by atoms with Crippen LogP contribution in [0.25, 0.3) is 0 Å². The zero-order valence-electron chi connectivity index (χ0n) is 11.1. The fourth-order valence-corrected chi connectivity index (χ4v) is 3.30. The molecule has 0 fully saturated rings. The minimum Gasteiger partial charge on any atom is -0.310 e. The van der Waals surface area contributed by atoms with Crippen molar-refractivity contribution in [3.63, 3.8) is 0 Å². The van der Waals surface area contributed by atoms with Crippen LogP contribution in [0.2, 0.25) is 0 Å². The summed E-state index contributed by atoms with van der Waals surface area (Å²) in [6.07, 6.45) is 10.5. The summed E-state index contributed by atoms with van der Waals surface area (Å²) in [5, 5.41) is 3.49. The van der Waals surface area contributed by atoms with Gasteiger partial charge in [-0.2, -0.15) is 0 Å². The molecule has 1 aromatic rings. The van der Waals surface area contributed by atoms with Crippen LogP contribution in [-0.4, -0.2) is 7.05 Å². The summed E-state index contributed by atoms with van der Waals surface area (Å²) in [4.78, 5) is 0. The van der Waals surface area contributed by atoms with Crippen LogP contribution in [-0.2, 0) is 0 Å². The van der Waals surface area contributed by atoms with E-state index in [0.717, 1.165) is 0 Å². The molecule has 0 saturated heterocycles. The highest BCUT2D eigenvalue weighted by molar-refractivity contribution is 14.1. The summed E-state index contributed by atoms with van der Waals surface area (Å²) >= 11 is 2.39. The van der Waals surface area contributed by atoms with E-state index in [2.05, 4.69) is 65.3 Å². The lowest BCUT2D eigenvalue weighted by molar-refractivity contribution is 0.574. The van der Waals surface area contributed by atoms with Crippen LogP contribution in [0.5, 0.6) is 0 Å². The molecular formula is C16H22IN. The van der Waals surface area contributed by atoms with Gasteiger partial charge in [0.25, 0.3) is 0 Å². The average Bonchev–Trinajstić information content (AvgIpc) is 2.32. The lowest BCUT2D eigenvalue weighted by Crippen LogP contribution is -2.19. The van der Waals surface area contributed by atoms with Crippen LogP contribution in [0.3, 0.4) is 0 Å². The quantitative estimate of drug-likeness (QED) is 0.605. The molecule has 1 nitrogen and oxygen atoms in total. The van der Waals surface area contributed by atoms with Crippen molar-refractivity contribution in [3.8, 4) is 0 Å². The number of rotatable bonds is 3. The maximum absolute atomic E-state index is 3.49. The van der Waals surface area contributed by atoms with Crippen molar-refractivity contribution in [2.45, 2.75) is 44.6 Å². The first-order valence-electron chi connectivity index (χ1n) is 6.93. The maximum Gasteiger partial charge on any atom is 0.0533 e. The zero-order chi connectivity index (χ0) is 12.8. The zero-order valence-corrected chi connectivity index (χ0v) is 13.2. The third-order valence-electron chi connectivity index (χ3n) is 3.67. The Balaban J connectivity index is 2.21. The molecule has 0 bridgehead atoms. The normalized spacial score (nSPS) is 21.6. The van der Waals surface area contributed by atoms with Crippen molar-refractivity contribution in [2.75, 3.05) is 7.05 Å². The van der Waals surface area contributed by atoms with Crippen LogP contribution in [0.1, 0.15) is 50.1 Å². The number of hydrogen-bond acceptors (Lipinski definition) is 1. The molecular weight excluding hydrogens is 333 g/mol. The molecule has 98 valence electrons. The van der Waals surface area contributed by atoms with Gasteiger partial charge in [-0.3, -0.25) is 0 Å². The lowest BCUT2D eigenvalue weighted by Gasteiger charge is -2.22. The summed E-state index contributed by atoms with van der Waals surface area (Å²) in [6, 6.07) is 9.25. The molecule has 18 heavy (non-hydrogen) atoms. The van der Waals surface area contributed by atoms with Crippen LogP contribution < -0.4 is 5.32 Å². The molecule has 1 aliphatic carbocycles. The highest BCUT2D eigenvalue weighted by Crippen LogP contribution is 2.29.